The smallest absolute Gasteiger partial charge is 0.251 e. The first-order valence-electron chi connectivity index (χ1n) is 9.87. The van der Waals surface area contributed by atoms with Crippen molar-refractivity contribution in [3.8, 4) is 0 Å². The Bertz CT molecular complexity index is 1190. The van der Waals surface area contributed by atoms with Gasteiger partial charge in [-0.2, -0.15) is 0 Å². The number of hydrogen-bond donors (Lipinski definition) is 2. The topological polar surface area (TPSA) is 88.9 Å². The van der Waals surface area contributed by atoms with E-state index in [9.17, 15) is 9.59 Å². The van der Waals surface area contributed by atoms with Gasteiger partial charge in [0, 0.05) is 22.2 Å². The third-order valence-electron chi connectivity index (χ3n) is 4.50. The van der Waals surface area contributed by atoms with E-state index in [1.807, 2.05) is 0 Å². The van der Waals surface area contributed by atoms with E-state index in [0.29, 0.717) is 33.1 Å². The van der Waals surface area contributed by atoms with Crippen molar-refractivity contribution in [2.24, 2.45) is 0 Å². The number of nitrogens with one attached hydrogen (secondary N) is 2. The molecule has 2 aromatic carbocycles. The van der Waals surface area contributed by atoms with Gasteiger partial charge in [-0.05, 0) is 43.3 Å². The monoisotopic (exact) mass is 557 g/mol. The van der Waals surface area contributed by atoms with Gasteiger partial charge in [0.2, 0.25) is 5.91 Å². The number of aromatic nitrogens is 3. The summed E-state index contributed by atoms with van der Waals surface area (Å²) < 4.78 is 1.78. The second-order valence-corrected chi connectivity index (χ2v) is 9.65. The summed E-state index contributed by atoms with van der Waals surface area (Å²) in [5, 5.41) is 15.8. The van der Waals surface area contributed by atoms with E-state index in [1.54, 1.807) is 41.8 Å². The molecule has 1 heterocycles. The first kappa shape index (κ1) is 26.4. The van der Waals surface area contributed by atoms with Crippen molar-refractivity contribution in [2.45, 2.75) is 24.7 Å². The minimum Gasteiger partial charge on any atom is -0.342 e. The molecule has 0 bridgehead atoms. The molecule has 1 atom stereocenters. The second kappa shape index (κ2) is 12.0. The molecule has 0 saturated carbocycles. The van der Waals surface area contributed by atoms with Crippen LogP contribution >= 0.6 is 58.2 Å². The molecule has 7 nitrogen and oxygen atoms in total. The number of amides is 2. The van der Waals surface area contributed by atoms with Gasteiger partial charge < -0.3 is 15.2 Å². The highest BCUT2D eigenvalue weighted by Gasteiger charge is 2.21. The molecule has 0 radical (unpaired) electrons. The van der Waals surface area contributed by atoms with Crippen molar-refractivity contribution in [1.82, 2.24) is 20.1 Å². The zero-order valence-electron chi connectivity index (χ0n) is 17.8. The number of anilines is 1. The average molecular weight is 559 g/mol. The minimum atomic E-state index is -0.453. The Hall–Kier alpha value is -2.23. The number of rotatable bonds is 9. The molecule has 3 rings (SSSR count). The summed E-state index contributed by atoms with van der Waals surface area (Å²) >= 11 is 25.2. The van der Waals surface area contributed by atoms with Crippen molar-refractivity contribution in [2.75, 3.05) is 11.1 Å². The van der Waals surface area contributed by atoms with Gasteiger partial charge in [-0.15, -0.1) is 16.8 Å². The van der Waals surface area contributed by atoms with Gasteiger partial charge >= 0.3 is 0 Å². The minimum absolute atomic E-state index is 0.0239. The molecular formula is C22H19Cl4N5O2S. The van der Waals surface area contributed by atoms with Crippen LogP contribution in [0, 0.1) is 0 Å². The lowest BCUT2D eigenvalue weighted by Crippen LogP contribution is -2.28. The number of benzene rings is 2. The van der Waals surface area contributed by atoms with Crippen LogP contribution in [-0.4, -0.2) is 32.3 Å². The van der Waals surface area contributed by atoms with Gasteiger partial charge in [-0.25, -0.2) is 0 Å². The van der Waals surface area contributed by atoms with Crippen LogP contribution in [0.5, 0.6) is 0 Å². The lowest BCUT2D eigenvalue weighted by atomic mass is 10.2. The van der Waals surface area contributed by atoms with Gasteiger partial charge in [0.25, 0.3) is 5.91 Å². The van der Waals surface area contributed by atoms with E-state index in [0.717, 1.165) is 0 Å². The summed E-state index contributed by atoms with van der Waals surface area (Å²) in [7, 11) is 0. The summed E-state index contributed by atoms with van der Waals surface area (Å²) in [5.74, 6) is -0.0674. The van der Waals surface area contributed by atoms with Crippen molar-refractivity contribution < 1.29 is 9.59 Å². The van der Waals surface area contributed by atoms with E-state index in [4.69, 9.17) is 46.4 Å². The van der Waals surface area contributed by atoms with Crippen LogP contribution in [0.15, 0.2) is 54.2 Å². The van der Waals surface area contributed by atoms with Crippen molar-refractivity contribution in [1.29, 1.82) is 0 Å². The molecule has 12 heteroatoms. The predicted molar refractivity (Wildman–Crippen MR) is 138 cm³/mol. The summed E-state index contributed by atoms with van der Waals surface area (Å²) in [6.45, 7) is 5.95. The number of nitrogens with zero attached hydrogens (tertiary/aromatic N) is 3. The molecular weight excluding hydrogens is 540 g/mol. The normalized spacial score (nSPS) is 11.7. The van der Waals surface area contributed by atoms with Crippen molar-refractivity contribution in [3.63, 3.8) is 0 Å². The molecule has 0 aliphatic carbocycles. The van der Waals surface area contributed by atoms with Crippen LogP contribution in [-0.2, 0) is 11.3 Å². The third-order valence-corrected chi connectivity index (χ3v) is 6.54. The molecule has 2 amide bonds. The second-order valence-electron chi connectivity index (χ2n) is 7.02. The highest BCUT2D eigenvalue weighted by Crippen LogP contribution is 2.34. The van der Waals surface area contributed by atoms with Crippen LogP contribution in [0.1, 0.15) is 29.1 Å². The van der Waals surface area contributed by atoms with Gasteiger partial charge in [-0.1, -0.05) is 64.2 Å². The molecule has 0 aliphatic heterocycles. The first-order valence-corrected chi connectivity index (χ1v) is 12.4. The predicted octanol–water partition coefficient (Wildman–Crippen LogP) is 6.30. The van der Waals surface area contributed by atoms with E-state index in [2.05, 4.69) is 27.4 Å². The van der Waals surface area contributed by atoms with Gasteiger partial charge in [-0.3, -0.25) is 9.59 Å². The zero-order chi connectivity index (χ0) is 24.8. The molecule has 3 aromatic rings. The van der Waals surface area contributed by atoms with Gasteiger partial charge in [0.1, 0.15) is 0 Å². The van der Waals surface area contributed by atoms with Crippen LogP contribution in [0.25, 0.3) is 0 Å². The molecule has 0 unspecified atom stereocenters. The fourth-order valence-electron chi connectivity index (χ4n) is 2.94. The summed E-state index contributed by atoms with van der Waals surface area (Å²) in [4.78, 5) is 25.0. The van der Waals surface area contributed by atoms with Gasteiger partial charge in [0.05, 0.1) is 27.5 Å². The van der Waals surface area contributed by atoms with E-state index in [1.165, 1.54) is 23.9 Å². The maximum absolute atomic E-state index is 12.6. The standard InChI is InChI=1S/C22H19Cl4N5O2S/c1-3-8-31-20(12(2)27-21(33)13-4-6-14(23)7-5-13)29-30-22(31)34-11-18(32)28-19-16(25)9-15(24)10-17(19)26/h3-7,9-10,12H,1,8,11H2,2H3,(H,27,33)(H,28,32)/t12-/m1/s1. The van der Waals surface area contributed by atoms with Crippen LogP contribution < -0.4 is 10.6 Å². The number of halogens is 4. The maximum atomic E-state index is 12.6. The number of carbonyl (C=O) groups is 2. The highest BCUT2D eigenvalue weighted by molar-refractivity contribution is 7.99. The number of thioether (sulfide) groups is 1. The molecule has 34 heavy (non-hydrogen) atoms. The lowest BCUT2D eigenvalue weighted by molar-refractivity contribution is -0.113. The van der Waals surface area contributed by atoms with Gasteiger partial charge in [0.15, 0.2) is 11.0 Å². The van der Waals surface area contributed by atoms with E-state index in [-0.39, 0.29) is 33.3 Å². The van der Waals surface area contributed by atoms with Crippen molar-refractivity contribution in [3.05, 3.63) is 80.5 Å². The summed E-state index contributed by atoms with van der Waals surface area (Å²) in [6.07, 6.45) is 1.68. The SMILES string of the molecule is C=CCn1c(SCC(=O)Nc2c(Cl)cc(Cl)cc2Cl)nnc1[C@@H](C)NC(=O)c1ccc(Cl)cc1. The third kappa shape index (κ3) is 6.67. The Morgan fingerprint density at radius 2 is 1.74 bits per heavy atom. The molecule has 178 valence electrons. The Balaban J connectivity index is 1.68. The molecule has 0 fully saturated rings. The molecule has 0 spiro atoms. The van der Waals surface area contributed by atoms with Crippen LogP contribution in [0.2, 0.25) is 20.1 Å². The number of allylic oxidation sites excluding steroid dienone is 1. The molecule has 0 saturated heterocycles. The van der Waals surface area contributed by atoms with E-state index < -0.39 is 6.04 Å². The summed E-state index contributed by atoms with van der Waals surface area (Å²) in [6, 6.07) is 9.09. The van der Waals surface area contributed by atoms with Crippen molar-refractivity contribution >= 4 is 75.7 Å². The Labute approximate surface area is 220 Å². The van der Waals surface area contributed by atoms with E-state index >= 15 is 0 Å². The largest absolute Gasteiger partial charge is 0.342 e. The number of carbonyl (C=O) groups excluding carboxylic acids is 2. The highest BCUT2D eigenvalue weighted by atomic mass is 35.5. The Morgan fingerprint density at radius 1 is 1.09 bits per heavy atom. The lowest BCUT2D eigenvalue weighted by Gasteiger charge is -2.15. The number of hydrogen-bond acceptors (Lipinski definition) is 5. The summed E-state index contributed by atoms with van der Waals surface area (Å²) in [5.41, 5.74) is 0.752. The molecule has 0 aliphatic rings. The average Bonchev–Trinajstić information content (AvgIpc) is 3.18. The van der Waals surface area contributed by atoms with Crippen LogP contribution in [0.4, 0.5) is 5.69 Å². The molecule has 2 N–H and O–H groups in total. The maximum Gasteiger partial charge on any atom is 0.251 e. The zero-order valence-corrected chi connectivity index (χ0v) is 21.7. The Morgan fingerprint density at radius 3 is 2.35 bits per heavy atom. The first-order chi connectivity index (χ1) is 16.2. The molecule has 1 aromatic heterocycles. The fourth-order valence-corrected chi connectivity index (χ4v) is 4.73. The van der Waals surface area contributed by atoms with Crippen LogP contribution in [0.3, 0.4) is 0 Å². The Kier molecular flexibility index (Phi) is 9.27. The quantitative estimate of drug-likeness (QED) is 0.237. The fraction of sp³-hybridized carbons (Fsp3) is 0.182.